The number of carbonyl (C=O) groups is 1. The fraction of sp³-hybridized carbons (Fsp3) is 0.364. The van der Waals surface area contributed by atoms with Crippen molar-refractivity contribution in [2.75, 3.05) is 33.3 Å². The first-order valence-corrected chi connectivity index (χ1v) is 9.43. The number of nitrogens with one attached hydrogen (secondary N) is 1. The van der Waals surface area contributed by atoms with Gasteiger partial charge in [-0.2, -0.15) is 0 Å². The third-order valence-corrected chi connectivity index (χ3v) is 4.42. The van der Waals surface area contributed by atoms with Crippen molar-refractivity contribution < 1.29 is 23.8 Å². The number of para-hydroxylation sites is 1. The van der Waals surface area contributed by atoms with Crippen molar-refractivity contribution in [1.82, 2.24) is 0 Å². The van der Waals surface area contributed by atoms with Gasteiger partial charge in [0.05, 0.1) is 27.5 Å². The number of hydrogen-bond donors (Lipinski definition) is 1. The summed E-state index contributed by atoms with van der Waals surface area (Å²) < 4.78 is 15.9. The van der Waals surface area contributed by atoms with E-state index >= 15 is 0 Å². The Kier molecular flexibility index (Phi) is 8.33. The lowest BCUT2D eigenvalue weighted by Crippen LogP contribution is -2.19. The van der Waals surface area contributed by atoms with Crippen LogP contribution in [0.3, 0.4) is 0 Å². The monoisotopic (exact) mass is 400 g/mol. The van der Waals surface area contributed by atoms with Crippen molar-refractivity contribution in [2.24, 2.45) is 5.16 Å². The number of ether oxygens (including phenoxy) is 3. The highest BCUT2D eigenvalue weighted by atomic mass is 16.6. The second-order valence-electron chi connectivity index (χ2n) is 6.17. The molecule has 0 aromatic heterocycles. The molecule has 0 aliphatic heterocycles. The van der Waals surface area contributed by atoms with Crippen molar-refractivity contribution in [1.29, 1.82) is 0 Å². The molecule has 2 aromatic rings. The molecule has 0 aliphatic carbocycles. The van der Waals surface area contributed by atoms with Gasteiger partial charge in [0.25, 0.3) is 5.91 Å². The molecular formula is C22H28N2O5. The molecule has 0 fully saturated rings. The van der Waals surface area contributed by atoms with Gasteiger partial charge in [-0.1, -0.05) is 37.2 Å². The van der Waals surface area contributed by atoms with Crippen LogP contribution in [0.2, 0.25) is 0 Å². The normalized spacial score (nSPS) is 10.7. The molecule has 1 N–H and O–H groups in total. The maximum Gasteiger partial charge on any atom is 0.265 e. The minimum absolute atomic E-state index is 0.192. The molecule has 2 rings (SSSR count). The van der Waals surface area contributed by atoms with Crippen molar-refractivity contribution in [3.8, 4) is 17.2 Å². The van der Waals surface area contributed by atoms with Crippen LogP contribution in [-0.2, 0) is 22.5 Å². The summed E-state index contributed by atoms with van der Waals surface area (Å²) >= 11 is 0. The topological polar surface area (TPSA) is 78.4 Å². The number of hydrogen-bond acceptors (Lipinski definition) is 6. The fourth-order valence-corrected chi connectivity index (χ4v) is 2.95. The number of carbonyl (C=O) groups excluding carboxylic acids is 1. The van der Waals surface area contributed by atoms with E-state index in [1.54, 1.807) is 12.1 Å². The number of nitrogens with zero attached hydrogens (tertiary/aromatic N) is 1. The first-order chi connectivity index (χ1) is 14.1. The van der Waals surface area contributed by atoms with Crippen molar-refractivity contribution in [3.63, 3.8) is 0 Å². The van der Waals surface area contributed by atoms with Crippen LogP contribution in [0.1, 0.15) is 30.5 Å². The van der Waals surface area contributed by atoms with Crippen LogP contribution in [0.15, 0.2) is 35.5 Å². The molecule has 7 heteroatoms. The Hall–Kier alpha value is -3.22. The zero-order valence-corrected chi connectivity index (χ0v) is 17.6. The molecule has 156 valence electrons. The molecule has 0 radical (unpaired) electrons. The molecule has 0 aliphatic rings. The maximum absolute atomic E-state index is 12.3. The summed E-state index contributed by atoms with van der Waals surface area (Å²) in [6, 6.07) is 9.50. The van der Waals surface area contributed by atoms with Gasteiger partial charge >= 0.3 is 0 Å². The molecule has 0 heterocycles. The Bertz CT molecular complexity index is 817. The smallest absolute Gasteiger partial charge is 0.265 e. The van der Waals surface area contributed by atoms with E-state index in [1.807, 2.05) is 18.2 Å². The van der Waals surface area contributed by atoms with Gasteiger partial charge in [-0.25, -0.2) is 0 Å². The van der Waals surface area contributed by atoms with Gasteiger partial charge in [0.2, 0.25) is 5.75 Å². The van der Waals surface area contributed by atoms with Crippen LogP contribution < -0.4 is 19.5 Å². The summed E-state index contributed by atoms with van der Waals surface area (Å²) in [6.07, 6.45) is 3.16. The van der Waals surface area contributed by atoms with Gasteiger partial charge in [0, 0.05) is 11.3 Å². The Morgan fingerprint density at radius 3 is 2.07 bits per heavy atom. The summed E-state index contributed by atoms with van der Waals surface area (Å²) in [4.78, 5) is 17.4. The van der Waals surface area contributed by atoms with Crippen LogP contribution >= 0.6 is 0 Å². The van der Waals surface area contributed by atoms with Gasteiger partial charge in [0.15, 0.2) is 18.1 Å². The SMILES string of the molecule is CCc1cccc(CC)c1NC(=O)CO/N=C\c1cc(OC)c(OC)c(OC)c1. The third-order valence-electron chi connectivity index (χ3n) is 4.42. The predicted octanol–water partition coefficient (Wildman–Crippen LogP) is 3.83. The Morgan fingerprint density at radius 2 is 1.59 bits per heavy atom. The van der Waals surface area contributed by atoms with Crippen molar-refractivity contribution >= 4 is 17.8 Å². The van der Waals surface area contributed by atoms with Gasteiger partial charge in [0.1, 0.15) is 0 Å². The fourth-order valence-electron chi connectivity index (χ4n) is 2.95. The van der Waals surface area contributed by atoms with E-state index in [-0.39, 0.29) is 12.5 Å². The molecule has 29 heavy (non-hydrogen) atoms. The molecular weight excluding hydrogens is 372 g/mol. The van der Waals surface area contributed by atoms with Gasteiger partial charge in [-0.15, -0.1) is 0 Å². The number of anilines is 1. The second-order valence-corrected chi connectivity index (χ2v) is 6.17. The maximum atomic E-state index is 12.3. The predicted molar refractivity (Wildman–Crippen MR) is 113 cm³/mol. The van der Waals surface area contributed by atoms with E-state index in [2.05, 4.69) is 24.3 Å². The molecule has 0 atom stereocenters. The highest BCUT2D eigenvalue weighted by Gasteiger charge is 2.13. The lowest BCUT2D eigenvalue weighted by molar-refractivity contribution is -0.120. The van der Waals surface area contributed by atoms with E-state index in [0.717, 1.165) is 29.7 Å². The summed E-state index contributed by atoms with van der Waals surface area (Å²) in [5.74, 6) is 1.25. The second kappa shape index (κ2) is 10.9. The number of methoxy groups -OCH3 is 3. The number of amides is 1. The Labute approximate surface area is 171 Å². The van der Waals surface area contributed by atoms with E-state index in [9.17, 15) is 4.79 Å². The summed E-state index contributed by atoms with van der Waals surface area (Å²) in [5.41, 5.74) is 3.74. The lowest BCUT2D eigenvalue weighted by Gasteiger charge is -2.14. The summed E-state index contributed by atoms with van der Waals surface area (Å²) in [5, 5.41) is 6.81. The lowest BCUT2D eigenvalue weighted by atomic mass is 10.0. The molecule has 7 nitrogen and oxygen atoms in total. The number of benzene rings is 2. The average Bonchev–Trinajstić information content (AvgIpc) is 2.75. The molecule has 2 aromatic carbocycles. The molecule has 0 bridgehead atoms. The highest BCUT2D eigenvalue weighted by Crippen LogP contribution is 2.37. The van der Waals surface area contributed by atoms with Crippen LogP contribution in [0.4, 0.5) is 5.69 Å². The summed E-state index contributed by atoms with van der Waals surface area (Å²) in [6.45, 7) is 3.92. The quantitative estimate of drug-likeness (QED) is 0.484. The highest BCUT2D eigenvalue weighted by molar-refractivity contribution is 5.93. The molecule has 1 amide bonds. The zero-order valence-electron chi connectivity index (χ0n) is 17.6. The Balaban J connectivity index is 2.02. The average molecular weight is 400 g/mol. The van der Waals surface area contributed by atoms with E-state index in [0.29, 0.717) is 22.8 Å². The first-order valence-electron chi connectivity index (χ1n) is 9.43. The standard InChI is InChI=1S/C22H28N2O5/c1-6-16-9-8-10-17(7-2)21(16)24-20(25)14-29-23-13-15-11-18(26-3)22(28-5)19(12-15)27-4/h8-13H,6-7,14H2,1-5H3,(H,24,25)/b23-13-. The molecule has 0 saturated heterocycles. The van der Waals surface area contributed by atoms with Crippen LogP contribution in [0.25, 0.3) is 0 Å². The first kappa shape index (κ1) is 22.1. The molecule has 0 unspecified atom stereocenters. The molecule has 0 spiro atoms. The van der Waals surface area contributed by atoms with Crippen molar-refractivity contribution in [2.45, 2.75) is 26.7 Å². The van der Waals surface area contributed by atoms with Gasteiger partial charge < -0.3 is 24.4 Å². The van der Waals surface area contributed by atoms with Crippen molar-refractivity contribution in [3.05, 3.63) is 47.0 Å². The van der Waals surface area contributed by atoms with Crippen LogP contribution in [0.5, 0.6) is 17.2 Å². The van der Waals surface area contributed by atoms with Crippen LogP contribution in [0, 0.1) is 0 Å². The molecule has 0 saturated carbocycles. The van der Waals surface area contributed by atoms with Gasteiger partial charge in [-0.05, 0) is 36.1 Å². The van der Waals surface area contributed by atoms with Gasteiger partial charge in [-0.3, -0.25) is 4.79 Å². The Morgan fingerprint density at radius 1 is 1.00 bits per heavy atom. The number of rotatable bonds is 10. The zero-order chi connectivity index (χ0) is 21.2. The number of aryl methyl sites for hydroxylation is 2. The van der Waals surface area contributed by atoms with E-state index in [1.165, 1.54) is 27.5 Å². The minimum Gasteiger partial charge on any atom is -0.493 e. The minimum atomic E-state index is -0.261. The summed E-state index contributed by atoms with van der Waals surface area (Å²) in [7, 11) is 4.62. The number of oxime groups is 1. The van der Waals surface area contributed by atoms with E-state index < -0.39 is 0 Å². The largest absolute Gasteiger partial charge is 0.493 e. The third kappa shape index (κ3) is 5.63. The van der Waals surface area contributed by atoms with Crippen LogP contribution in [-0.4, -0.2) is 40.1 Å². The van der Waals surface area contributed by atoms with E-state index in [4.69, 9.17) is 19.0 Å².